The number of aromatic nitrogens is 3. The highest BCUT2D eigenvalue weighted by Gasteiger charge is 2.35. The predicted octanol–water partition coefficient (Wildman–Crippen LogP) is 4.77. The number of nitrogens with zero attached hydrogens (tertiary/aromatic N) is 7. The van der Waals surface area contributed by atoms with Crippen molar-refractivity contribution in [3.63, 3.8) is 0 Å². The highest BCUT2D eigenvalue weighted by molar-refractivity contribution is 7.86. The Kier molecular flexibility index (Phi) is 11.9. The third-order valence-electron chi connectivity index (χ3n) is 8.42. The molecule has 0 unspecified atom stereocenters. The van der Waals surface area contributed by atoms with Crippen LogP contribution in [0.5, 0.6) is 0 Å². The highest BCUT2D eigenvalue weighted by atomic mass is 32.2. The van der Waals surface area contributed by atoms with Crippen LogP contribution in [0.15, 0.2) is 80.5 Å². The van der Waals surface area contributed by atoms with Gasteiger partial charge in [0.05, 0.1) is 39.4 Å². The Morgan fingerprint density at radius 2 is 1.55 bits per heavy atom. The van der Waals surface area contributed by atoms with Gasteiger partial charge in [-0.2, -0.15) is 35.6 Å². The maximum Gasteiger partial charge on any atom is 0.294 e. The molecule has 4 N–H and O–H groups in total. The van der Waals surface area contributed by atoms with Crippen molar-refractivity contribution in [2.45, 2.75) is 56.7 Å². The number of unbranched alkanes of at least 4 members (excludes halogenated alkanes) is 1. The van der Waals surface area contributed by atoms with Crippen molar-refractivity contribution in [3.05, 3.63) is 77.6 Å². The lowest BCUT2D eigenvalue weighted by Crippen LogP contribution is -2.27. The molecule has 0 fully saturated rings. The van der Waals surface area contributed by atoms with Crippen molar-refractivity contribution in [2.24, 2.45) is 15.5 Å². The second-order valence-electron chi connectivity index (χ2n) is 13.8. The zero-order chi connectivity index (χ0) is 41.2. The molecule has 18 nitrogen and oxygen atoms in total. The van der Waals surface area contributed by atoms with E-state index in [1.165, 1.54) is 16.9 Å². The van der Waals surface area contributed by atoms with Gasteiger partial charge in [-0.25, -0.2) is 9.98 Å². The monoisotopic (exact) mass is 826 g/mol. The average molecular weight is 827 g/mol. The predicted molar refractivity (Wildman–Crippen MR) is 207 cm³/mol. The molecule has 1 aromatic heterocycles. The van der Waals surface area contributed by atoms with Crippen molar-refractivity contribution in [1.82, 2.24) is 14.9 Å². The number of benzene rings is 3. The van der Waals surface area contributed by atoms with E-state index in [4.69, 9.17) is 19.6 Å². The van der Waals surface area contributed by atoms with E-state index in [1.807, 2.05) is 50.8 Å². The summed E-state index contributed by atoms with van der Waals surface area (Å²) in [6, 6.07) is 16.0. The first kappa shape index (κ1) is 41.8. The van der Waals surface area contributed by atoms with Gasteiger partial charge in [-0.3, -0.25) is 18.5 Å². The molecule has 0 aliphatic carbocycles. The smallest absolute Gasteiger partial charge is 0.294 e. The Morgan fingerprint density at radius 3 is 2.11 bits per heavy atom. The number of nitrogens with one attached hydrogen (secondary N) is 1. The number of carbonyl (C=O) groups is 1. The van der Waals surface area contributed by atoms with Gasteiger partial charge < -0.3 is 10.2 Å². The van der Waals surface area contributed by atoms with E-state index in [0.29, 0.717) is 54.1 Å². The summed E-state index contributed by atoms with van der Waals surface area (Å²) in [5.74, 6) is -0.596. The summed E-state index contributed by atoms with van der Waals surface area (Å²) in [6.45, 7) is 8.74. The van der Waals surface area contributed by atoms with Crippen LogP contribution >= 0.6 is 0 Å². The van der Waals surface area contributed by atoms with Gasteiger partial charge in [0.15, 0.2) is 5.82 Å². The number of rotatable bonds is 14. The Hall–Kier alpha value is -5.37. The number of aliphatic imine (C=N–C) groups is 1. The van der Waals surface area contributed by atoms with E-state index < -0.39 is 57.0 Å². The molecule has 0 atom stereocenters. The molecule has 296 valence electrons. The Morgan fingerprint density at radius 1 is 0.911 bits per heavy atom. The maximum atomic E-state index is 13.0. The minimum Gasteiger partial charge on any atom is -0.370 e. The van der Waals surface area contributed by atoms with Crippen molar-refractivity contribution < 1.29 is 43.7 Å². The molecule has 0 saturated heterocycles. The number of aryl methyl sites for hydroxylation is 1. The van der Waals surface area contributed by atoms with E-state index >= 15 is 0 Å². The number of carbonyl (C=O) groups excluding carboxylic acids is 1. The van der Waals surface area contributed by atoms with Gasteiger partial charge in [0.2, 0.25) is 5.82 Å². The summed E-state index contributed by atoms with van der Waals surface area (Å²) in [4.78, 5) is 24.2. The zero-order valence-corrected chi connectivity index (χ0v) is 33.0. The van der Waals surface area contributed by atoms with Crippen molar-refractivity contribution in [3.8, 4) is 17.5 Å². The summed E-state index contributed by atoms with van der Waals surface area (Å²) in [5.41, 5.74) is 3.28. The normalized spacial score (nSPS) is 14.0. The lowest BCUT2D eigenvalue weighted by molar-refractivity contribution is 0.102. The van der Waals surface area contributed by atoms with Crippen LogP contribution in [-0.2, 0) is 30.4 Å². The molecule has 2 heterocycles. The van der Waals surface area contributed by atoms with Crippen LogP contribution in [0.4, 0.5) is 17.1 Å². The third-order valence-corrected chi connectivity index (χ3v) is 10.9. The van der Waals surface area contributed by atoms with E-state index in [2.05, 4.69) is 16.5 Å². The molecule has 0 saturated carbocycles. The number of amides is 1. The first-order valence-corrected chi connectivity index (χ1v) is 21.4. The molecular weight excluding hydrogens is 789 g/mol. The van der Waals surface area contributed by atoms with Crippen LogP contribution in [0.2, 0.25) is 0 Å². The summed E-state index contributed by atoms with van der Waals surface area (Å²) < 4.78 is 96.9. The fraction of sp³-hybridized carbons (Fsp3) is 0.314. The van der Waals surface area contributed by atoms with Gasteiger partial charge in [0.1, 0.15) is 5.71 Å². The Bertz CT molecular complexity index is 2580. The standard InChI is InChI=1S/C35H38N8O10S3/c1-22-18-26(42(16-7-14-36)15-5-6-17-54(45,46)47)12-13-29(22)38-30-31(35(2,3)4)40-43-33(30)39-32(41-43)23-8-10-25(11-9-23)37-34(44)24-19-27(55(48,49)50)21-28(20-24)56(51,52)53/h8-13,18-21H,5-7,15-17H2,1-4H3,(H,37,44)(H,45,46,47)(H,48,49,50)(H,51,52,53). The van der Waals surface area contributed by atoms with E-state index in [9.17, 15) is 44.4 Å². The van der Waals surface area contributed by atoms with Crippen LogP contribution in [0.3, 0.4) is 0 Å². The second-order valence-corrected chi connectivity index (χ2v) is 18.3. The maximum absolute atomic E-state index is 13.0. The summed E-state index contributed by atoms with van der Waals surface area (Å²) in [7, 11) is -13.9. The Balaban J connectivity index is 1.39. The van der Waals surface area contributed by atoms with Crippen LogP contribution in [0, 0.1) is 23.7 Å². The molecule has 5 rings (SSSR count). The fourth-order valence-electron chi connectivity index (χ4n) is 5.63. The second kappa shape index (κ2) is 16.0. The SMILES string of the molecule is Cc1cc(N(CCC#N)CCCCS(=O)(=O)O)ccc1N=C1C(C(C)(C)C)=Nn2nc(-c3ccc(NC(=O)c4cc(S(=O)(=O)O)cc(S(=O)(=O)O)c4)cc3)nc21. The van der Waals surface area contributed by atoms with Gasteiger partial charge >= 0.3 is 0 Å². The van der Waals surface area contributed by atoms with Gasteiger partial charge in [-0.05, 0) is 86.0 Å². The fourth-order valence-corrected chi connectivity index (χ4v) is 7.38. The summed E-state index contributed by atoms with van der Waals surface area (Å²) in [6.07, 6.45) is 1.02. The van der Waals surface area contributed by atoms with Crippen molar-refractivity contribution >= 4 is 64.7 Å². The molecule has 4 aromatic rings. The lowest BCUT2D eigenvalue weighted by atomic mass is 9.87. The van der Waals surface area contributed by atoms with Gasteiger partial charge in [-0.1, -0.05) is 20.8 Å². The molecule has 0 bridgehead atoms. The molecule has 1 amide bonds. The average Bonchev–Trinajstić information content (AvgIpc) is 3.67. The summed E-state index contributed by atoms with van der Waals surface area (Å²) >= 11 is 0. The van der Waals surface area contributed by atoms with Crippen LogP contribution in [-0.4, -0.2) is 90.0 Å². The first-order valence-electron chi connectivity index (χ1n) is 16.9. The zero-order valence-electron chi connectivity index (χ0n) is 30.6. The number of hydrogen-bond acceptors (Lipinski definition) is 13. The third kappa shape index (κ3) is 10.3. The molecule has 21 heteroatoms. The first-order chi connectivity index (χ1) is 26.0. The Labute approximate surface area is 323 Å². The van der Waals surface area contributed by atoms with E-state index in [-0.39, 0.29) is 30.1 Å². The van der Waals surface area contributed by atoms with Gasteiger partial charge in [0, 0.05) is 41.0 Å². The number of nitriles is 1. The van der Waals surface area contributed by atoms with E-state index in [1.54, 1.807) is 12.1 Å². The molecule has 0 spiro atoms. The number of fused-ring (bicyclic) bond motifs is 1. The molecule has 1 aliphatic rings. The highest BCUT2D eigenvalue weighted by Crippen LogP contribution is 2.31. The lowest BCUT2D eigenvalue weighted by Gasteiger charge is -2.24. The quantitative estimate of drug-likeness (QED) is 0.0985. The molecule has 1 aliphatic heterocycles. The summed E-state index contributed by atoms with van der Waals surface area (Å²) in [5, 5.41) is 21.0. The van der Waals surface area contributed by atoms with Gasteiger partial charge in [0.25, 0.3) is 36.3 Å². The minimum atomic E-state index is -4.92. The number of hydrogen-bond donors (Lipinski definition) is 4. The van der Waals surface area contributed by atoms with Crippen LogP contribution < -0.4 is 10.2 Å². The molecule has 56 heavy (non-hydrogen) atoms. The number of anilines is 2. The van der Waals surface area contributed by atoms with E-state index in [0.717, 1.165) is 23.4 Å². The molecular formula is C35H38N8O10S3. The topological polar surface area (TPSA) is 275 Å². The molecule has 0 radical (unpaired) electrons. The minimum absolute atomic E-state index is 0.231. The van der Waals surface area contributed by atoms with Crippen molar-refractivity contribution in [2.75, 3.05) is 29.1 Å². The van der Waals surface area contributed by atoms with Crippen LogP contribution in [0.25, 0.3) is 11.4 Å². The van der Waals surface area contributed by atoms with Crippen LogP contribution in [0.1, 0.15) is 61.8 Å². The largest absolute Gasteiger partial charge is 0.370 e. The van der Waals surface area contributed by atoms with Crippen molar-refractivity contribution in [1.29, 1.82) is 5.26 Å². The van der Waals surface area contributed by atoms with Gasteiger partial charge in [-0.15, -0.1) is 9.89 Å². The molecule has 3 aromatic carbocycles.